The Morgan fingerprint density at radius 1 is 1.00 bits per heavy atom. The van der Waals surface area contributed by atoms with E-state index in [-0.39, 0.29) is 16.8 Å². The Bertz CT molecular complexity index is 836. The summed E-state index contributed by atoms with van der Waals surface area (Å²) in [6.07, 6.45) is 2.02. The monoisotopic (exact) mass is 488 g/mol. The molecule has 4 nitrogen and oxygen atoms in total. The molecule has 0 unspecified atom stereocenters. The Hall–Kier alpha value is -1.31. The number of nitrogens with one attached hydrogen (secondary N) is 1. The highest BCUT2D eigenvalue weighted by atomic mass is 127. The second-order valence-corrected chi connectivity index (χ2v) is 7.86. The van der Waals surface area contributed by atoms with E-state index in [1.807, 2.05) is 11.0 Å². The molecule has 0 radical (unpaired) electrons. The minimum absolute atomic E-state index is 0.0616. The second-order valence-electron chi connectivity index (χ2n) is 5.77. The summed E-state index contributed by atoms with van der Waals surface area (Å²) in [5.74, 6) is -0.438. The average Bonchev–Trinajstić information content (AvgIpc) is 3.10. The molecule has 2 amide bonds. The zero-order chi connectivity index (χ0) is 18.0. The summed E-state index contributed by atoms with van der Waals surface area (Å²) in [5.41, 5.74) is 1.28. The highest BCUT2D eigenvalue weighted by Gasteiger charge is 2.23. The third-order valence-electron chi connectivity index (χ3n) is 4.03. The lowest BCUT2D eigenvalue weighted by atomic mass is 10.1. The summed E-state index contributed by atoms with van der Waals surface area (Å²) in [6.45, 7) is 1.50. The molecule has 0 bridgehead atoms. The van der Waals surface area contributed by atoms with Gasteiger partial charge in [0.05, 0.1) is 21.8 Å². The number of hydrogen-bond acceptors (Lipinski definition) is 2. The average molecular weight is 489 g/mol. The number of rotatable bonds is 3. The van der Waals surface area contributed by atoms with Crippen LogP contribution in [0.3, 0.4) is 0 Å². The number of nitrogens with zero attached hydrogens (tertiary/aromatic N) is 1. The number of amides is 2. The number of carbonyl (C=O) groups is 2. The standard InChI is InChI=1S/C18H15Cl2IN2O2/c19-11-3-5-13(15(20)9-11)17(24)22-16-6-4-12(21)10-14(16)18(25)23-7-1-2-8-23/h3-6,9-10H,1-2,7-8H2,(H,22,24). The topological polar surface area (TPSA) is 49.4 Å². The van der Waals surface area contributed by atoms with Crippen LogP contribution in [0.5, 0.6) is 0 Å². The summed E-state index contributed by atoms with van der Waals surface area (Å²) in [4.78, 5) is 27.2. The summed E-state index contributed by atoms with van der Waals surface area (Å²) in [6, 6.07) is 10.1. The maximum atomic E-state index is 12.8. The molecule has 7 heteroatoms. The number of benzene rings is 2. The van der Waals surface area contributed by atoms with E-state index in [0.29, 0.717) is 21.8 Å². The molecule has 0 saturated carbocycles. The van der Waals surface area contributed by atoms with Crippen molar-refractivity contribution in [3.05, 3.63) is 61.1 Å². The van der Waals surface area contributed by atoms with Crippen molar-refractivity contribution >= 4 is 63.3 Å². The molecule has 130 valence electrons. The van der Waals surface area contributed by atoms with Gasteiger partial charge in [0.25, 0.3) is 11.8 Å². The maximum absolute atomic E-state index is 12.8. The fourth-order valence-corrected chi connectivity index (χ4v) is 3.74. The van der Waals surface area contributed by atoms with E-state index in [0.717, 1.165) is 29.5 Å². The van der Waals surface area contributed by atoms with Crippen molar-refractivity contribution < 1.29 is 9.59 Å². The lowest BCUT2D eigenvalue weighted by Crippen LogP contribution is -2.29. The highest BCUT2D eigenvalue weighted by Crippen LogP contribution is 2.25. The molecule has 1 N–H and O–H groups in total. The molecule has 1 heterocycles. The summed E-state index contributed by atoms with van der Waals surface area (Å²) in [7, 11) is 0. The maximum Gasteiger partial charge on any atom is 0.257 e. The van der Waals surface area contributed by atoms with E-state index in [1.54, 1.807) is 24.3 Å². The molecular weight excluding hydrogens is 474 g/mol. The predicted octanol–water partition coefficient (Wildman–Crippen LogP) is 5.09. The van der Waals surface area contributed by atoms with Crippen molar-refractivity contribution in [2.45, 2.75) is 12.8 Å². The van der Waals surface area contributed by atoms with E-state index in [9.17, 15) is 9.59 Å². The quantitative estimate of drug-likeness (QED) is 0.612. The molecule has 0 atom stereocenters. The first-order chi connectivity index (χ1) is 12.0. The minimum atomic E-state index is -0.377. The van der Waals surface area contributed by atoms with Gasteiger partial charge in [0.1, 0.15) is 0 Å². The van der Waals surface area contributed by atoms with Crippen LogP contribution in [-0.4, -0.2) is 29.8 Å². The zero-order valence-electron chi connectivity index (χ0n) is 13.2. The van der Waals surface area contributed by atoms with Crippen molar-refractivity contribution in [3.63, 3.8) is 0 Å². The fourth-order valence-electron chi connectivity index (χ4n) is 2.76. The first kappa shape index (κ1) is 18.5. The molecule has 1 aliphatic rings. The number of anilines is 1. The Morgan fingerprint density at radius 2 is 1.72 bits per heavy atom. The van der Waals surface area contributed by atoms with Gasteiger partial charge in [-0.15, -0.1) is 0 Å². The summed E-state index contributed by atoms with van der Waals surface area (Å²) >= 11 is 14.1. The molecule has 1 fully saturated rings. The SMILES string of the molecule is O=C(Nc1ccc(I)cc1C(=O)N1CCCC1)c1ccc(Cl)cc1Cl. The Kier molecular flexibility index (Phi) is 5.86. The number of carbonyl (C=O) groups excluding carboxylic acids is 2. The van der Waals surface area contributed by atoms with Crippen LogP contribution in [0, 0.1) is 3.57 Å². The minimum Gasteiger partial charge on any atom is -0.339 e. The van der Waals surface area contributed by atoms with Gasteiger partial charge in [-0.2, -0.15) is 0 Å². The Labute approximate surface area is 169 Å². The normalized spacial score (nSPS) is 13.8. The van der Waals surface area contributed by atoms with Crippen molar-refractivity contribution in [1.82, 2.24) is 4.90 Å². The Balaban J connectivity index is 1.89. The lowest BCUT2D eigenvalue weighted by Gasteiger charge is -2.18. The van der Waals surface area contributed by atoms with E-state index in [4.69, 9.17) is 23.2 Å². The molecule has 0 aliphatic carbocycles. The molecular formula is C18H15Cl2IN2O2. The van der Waals surface area contributed by atoms with Gasteiger partial charge in [-0.3, -0.25) is 9.59 Å². The largest absolute Gasteiger partial charge is 0.339 e. The first-order valence-corrected chi connectivity index (χ1v) is 9.64. The smallest absolute Gasteiger partial charge is 0.257 e. The molecule has 0 aromatic heterocycles. The van der Waals surface area contributed by atoms with Crippen LogP contribution in [-0.2, 0) is 0 Å². The zero-order valence-corrected chi connectivity index (χ0v) is 16.9. The number of halogens is 3. The van der Waals surface area contributed by atoms with Crippen molar-refractivity contribution in [1.29, 1.82) is 0 Å². The number of hydrogen-bond donors (Lipinski definition) is 1. The third kappa shape index (κ3) is 4.27. The van der Waals surface area contributed by atoms with Gasteiger partial charge in [-0.1, -0.05) is 23.2 Å². The fraction of sp³-hybridized carbons (Fsp3) is 0.222. The second kappa shape index (κ2) is 7.93. The van der Waals surface area contributed by atoms with Crippen LogP contribution in [0.2, 0.25) is 10.0 Å². The van der Waals surface area contributed by atoms with Gasteiger partial charge >= 0.3 is 0 Å². The molecule has 2 aromatic carbocycles. The van der Waals surface area contributed by atoms with Gasteiger partial charge in [0.15, 0.2) is 0 Å². The van der Waals surface area contributed by atoms with E-state index in [1.165, 1.54) is 6.07 Å². The first-order valence-electron chi connectivity index (χ1n) is 7.81. The molecule has 3 rings (SSSR count). The van der Waals surface area contributed by atoms with E-state index >= 15 is 0 Å². The van der Waals surface area contributed by atoms with Crippen LogP contribution in [0.25, 0.3) is 0 Å². The van der Waals surface area contributed by atoms with Crippen molar-refractivity contribution in [2.24, 2.45) is 0 Å². The summed E-state index contributed by atoms with van der Waals surface area (Å²) in [5, 5.41) is 3.53. The molecule has 1 aliphatic heterocycles. The van der Waals surface area contributed by atoms with E-state index in [2.05, 4.69) is 27.9 Å². The Morgan fingerprint density at radius 3 is 2.40 bits per heavy atom. The van der Waals surface area contributed by atoms with E-state index < -0.39 is 0 Å². The molecule has 25 heavy (non-hydrogen) atoms. The highest BCUT2D eigenvalue weighted by molar-refractivity contribution is 14.1. The van der Waals surface area contributed by atoms with Gasteiger partial charge in [0.2, 0.25) is 0 Å². The predicted molar refractivity (Wildman–Crippen MR) is 109 cm³/mol. The summed E-state index contributed by atoms with van der Waals surface area (Å²) < 4.78 is 0.933. The van der Waals surface area contributed by atoms with Crippen LogP contribution < -0.4 is 5.32 Å². The van der Waals surface area contributed by atoms with Crippen LogP contribution in [0.15, 0.2) is 36.4 Å². The van der Waals surface area contributed by atoms with Crippen LogP contribution >= 0.6 is 45.8 Å². The molecule has 0 spiro atoms. The van der Waals surface area contributed by atoms with Gasteiger partial charge in [-0.05, 0) is 71.8 Å². The third-order valence-corrected chi connectivity index (χ3v) is 5.25. The van der Waals surface area contributed by atoms with Gasteiger partial charge in [-0.25, -0.2) is 0 Å². The van der Waals surface area contributed by atoms with Crippen molar-refractivity contribution in [2.75, 3.05) is 18.4 Å². The van der Waals surface area contributed by atoms with Gasteiger partial charge in [0, 0.05) is 21.7 Å². The van der Waals surface area contributed by atoms with Crippen molar-refractivity contribution in [3.8, 4) is 0 Å². The van der Waals surface area contributed by atoms with Gasteiger partial charge < -0.3 is 10.2 Å². The molecule has 1 saturated heterocycles. The number of likely N-dealkylation sites (tertiary alicyclic amines) is 1. The molecule has 2 aromatic rings. The van der Waals surface area contributed by atoms with Crippen LogP contribution in [0.1, 0.15) is 33.6 Å². The lowest BCUT2D eigenvalue weighted by molar-refractivity contribution is 0.0794. The van der Waals surface area contributed by atoms with Crippen LogP contribution in [0.4, 0.5) is 5.69 Å².